The number of carbonyl (C=O) groups is 2. The SMILES string of the molecule is CCCC(C)(C)C(C)(C)C(=O)OOC(C)=O. The summed E-state index contributed by atoms with van der Waals surface area (Å²) in [4.78, 5) is 31.1. The monoisotopic (exact) mass is 230 g/mol. The van der Waals surface area contributed by atoms with Crippen LogP contribution in [0.3, 0.4) is 0 Å². The number of carbonyl (C=O) groups excluding carboxylic acids is 2. The van der Waals surface area contributed by atoms with Crippen LogP contribution in [0, 0.1) is 10.8 Å². The molecule has 0 aliphatic carbocycles. The summed E-state index contributed by atoms with van der Waals surface area (Å²) < 4.78 is 0. The lowest BCUT2D eigenvalue weighted by atomic mass is 9.66. The standard InChI is InChI=1S/C12H22O4/c1-7-8-11(3,4)12(5,6)10(14)16-15-9(2)13/h7-8H2,1-6H3. The van der Waals surface area contributed by atoms with E-state index in [-0.39, 0.29) is 5.41 Å². The Labute approximate surface area is 97.2 Å². The van der Waals surface area contributed by atoms with Crippen molar-refractivity contribution >= 4 is 11.9 Å². The van der Waals surface area contributed by atoms with E-state index in [0.717, 1.165) is 12.8 Å². The summed E-state index contributed by atoms with van der Waals surface area (Å²) in [6, 6.07) is 0. The summed E-state index contributed by atoms with van der Waals surface area (Å²) >= 11 is 0. The Morgan fingerprint density at radius 3 is 1.94 bits per heavy atom. The number of hydrogen-bond acceptors (Lipinski definition) is 4. The van der Waals surface area contributed by atoms with Gasteiger partial charge in [-0.15, -0.1) is 0 Å². The lowest BCUT2D eigenvalue weighted by Crippen LogP contribution is -2.41. The molecule has 94 valence electrons. The maximum atomic E-state index is 11.8. The van der Waals surface area contributed by atoms with Crippen molar-refractivity contribution in [3.8, 4) is 0 Å². The molecule has 0 rings (SSSR count). The molecular formula is C12H22O4. The predicted octanol–water partition coefficient (Wildman–Crippen LogP) is 2.86. The van der Waals surface area contributed by atoms with Crippen LogP contribution in [0.25, 0.3) is 0 Å². The zero-order chi connectivity index (χ0) is 13.0. The summed E-state index contributed by atoms with van der Waals surface area (Å²) in [5.41, 5.74) is -0.905. The molecule has 4 nitrogen and oxygen atoms in total. The molecule has 0 aliphatic rings. The Morgan fingerprint density at radius 2 is 1.56 bits per heavy atom. The Balaban J connectivity index is 4.63. The van der Waals surface area contributed by atoms with E-state index in [9.17, 15) is 9.59 Å². The minimum absolute atomic E-state index is 0.209. The fourth-order valence-electron chi connectivity index (χ4n) is 1.41. The molecular weight excluding hydrogens is 208 g/mol. The van der Waals surface area contributed by atoms with E-state index in [0.29, 0.717) is 0 Å². The molecule has 0 fully saturated rings. The van der Waals surface area contributed by atoms with Gasteiger partial charge in [0.25, 0.3) is 0 Å². The second-order valence-corrected chi connectivity index (χ2v) is 5.20. The molecule has 0 unspecified atom stereocenters. The number of rotatable bonds is 4. The van der Waals surface area contributed by atoms with Crippen LogP contribution in [-0.4, -0.2) is 11.9 Å². The first kappa shape index (κ1) is 14.9. The van der Waals surface area contributed by atoms with Crippen molar-refractivity contribution in [2.75, 3.05) is 0 Å². The van der Waals surface area contributed by atoms with E-state index in [4.69, 9.17) is 0 Å². The van der Waals surface area contributed by atoms with E-state index in [1.807, 2.05) is 13.8 Å². The van der Waals surface area contributed by atoms with Crippen LogP contribution in [0.5, 0.6) is 0 Å². The fraction of sp³-hybridized carbons (Fsp3) is 0.833. The van der Waals surface area contributed by atoms with Crippen molar-refractivity contribution in [3.63, 3.8) is 0 Å². The first-order chi connectivity index (χ1) is 7.15. The summed E-state index contributed by atoms with van der Waals surface area (Å²) in [5, 5.41) is 0. The summed E-state index contributed by atoms with van der Waals surface area (Å²) in [6.07, 6.45) is 1.88. The second-order valence-electron chi connectivity index (χ2n) is 5.20. The van der Waals surface area contributed by atoms with Gasteiger partial charge in [-0.3, -0.25) is 0 Å². The molecule has 0 N–H and O–H groups in total. The Bertz CT molecular complexity index is 266. The molecule has 0 amide bonds. The van der Waals surface area contributed by atoms with Gasteiger partial charge in [0.1, 0.15) is 0 Å². The van der Waals surface area contributed by atoms with Gasteiger partial charge in [-0.1, -0.05) is 27.2 Å². The third-order valence-electron chi connectivity index (χ3n) is 3.31. The Kier molecular flexibility index (Phi) is 4.97. The van der Waals surface area contributed by atoms with Gasteiger partial charge < -0.3 is 0 Å². The molecule has 0 aromatic rings. The largest absolute Gasteiger partial charge is 0.361 e. The second kappa shape index (κ2) is 5.32. The summed E-state index contributed by atoms with van der Waals surface area (Å²) in [6.45, 7) is 10.9. The maximum absolute atomic E-state index is 11.8. The zero-order valence-corrected chi connectivity index (χ0v) is 11.0. The van der Waals surface area contributed by atoms with Gasteiger partial charge in [0.2, 0.25) is 0 Å². The van der Waals surface area contributed by atoms with Crippen molar-refractivity contribution in [3.05, 3.63) is 0 Å². The lowest BCUT2D eigenvalue weighted by Gasteiger charge is -2.38. The Hall–Kier alpha value is -1.06. The maximum Gasteiger partial charge on any atom is 0.361 e. The highest BCUT2D eigenvalue weighted by Crippen LogP contribution is 2.43. The van der Waals surface area contributed by atoms with Gasteiger partial charge in [0.05, 0.1) is 5.41 Å². The summed E-state index contributed by atoms with van der Waals surface area (Å²) in [5.74, 6) is -1.14. The molecule has 4 heteroatoms. The highest BCUT2D eigenvalue weighted by Gasteiger charge is 2.44. The van der Waals surface area contributed by atoms with E-state index in [1.54, 1.807) is 13.8 Å². The van der Waals surface area contributed by atoms with Crippen LogP contribution in [0.4, 0.5) is 0 Å². The molecule has 0 saturated heterocycles. The van der Waals surface area contributed by atoms with Crippen LogP contribution in [0.15, 0.2) is 0 Å². The first-order valence-corrected chi connectivity index (χ1v) is 5.54. The normalized spacial score (nSPS) is 12.1. The molecule has 0 saturated carbocycles. The molecule has 0 spiro atoms. The predicted molar refractivity (Wildman–Crippen MR) is 60.3 cm³/mol. The molecule has 0 radical (unpaired) electrons. The van der Waals surface area contributed by atoms with Crippen molar-refractivity contribution in [1.82, 2.24) is 0 Å². The topological polar surface area (TPSA) is 52.6 Å². The van der Waals surface area contributed by atoms with Crippen LogP contribution in [-0.2, 0) is 19.4 Å². The van der Waals surface area contributed by atoms with E-state index >= 15 is 0 Å². The van der Waals surface area contributed by atoms with Gasteiger partial charge in [-0.2, -0.15) is 0 Å². The van der Waals surface area contributed by atoms with Gasteiger partial charge in [0, 0.05) is 6.92 Å². The molecule has 0 atom stereocenters. The van der Waals surface area contributed by atoms with Crippen molar-refractivity contribution in [2.24, 2.45) is 10.8 Å². The molecule has 0 aromatic heterocycles. The van der Waals surface area contributed by atoms with Gasteiger partial charge in [-0.25, -0.2) is 19.4 Å². The minimum atomic E-state index is -0.696. The smallest absolute Gasteiger partial charge is 0.248 e. The van der Waals surface area contributed by atoms with Gasteiger partial charge >= 0.3 is 11.9 Å². The molecule has 0 heterocycles. The van der Waals surface area contributed by atoms with Gasteiger partial charge in [-0.05, 0) is 25.7 Å². The summed E-state index contributed by atoms with van der Waals surface area (Å²) in [7, 11) is 0. The molecule has 0 aliphatic heterocycles. The average molecular weight is 230 g/mol. The fourth-order valence-corrected chi connectivity index (χ4v) is 1.41. The number of hydrogen-bond donors (Lipinski definition) is 0. The van der Waals surface area contributed by atoms with Crippen LogP contribution in [0.2, 0.25) is 0 Å². The van der Waals surface area contributed by atoms with Crippen LogP contribution in [0.1, 0.15) is 54.4 Å². The zero-order valence-electron chi connectivity index (χ0n) is 11.0. The van der Waals surface area contributed by atoms with Gasteiger partial charge in [0.15, 0.2) is 0 Å². The highest BCUT2D eigenvalue weighted by atomic mass is 17.2. The van der Waals surface area contributed by atoms with Crippen molar-refractivity contribution in [1.29, 1.82) is 0 Å². The van der Waals surface area contributed by atoms with Crippen LogP contribution >= 0.6 is 0 Å². The van der Waals surface area contributed by atoms with E-state index in [1.165, 1.54) is 6.92 Å². The molecule has 0 aromatic carbocycles. The molecule has 0 bridgehead atoms. The third kappa shape index (κ3) is 3.51. The molecule has 16 heavy (non-hydrogen) atoms. The van der Waals surface area contributed by atoms with Crippen LogP contribution < -0.4 is 0 Å². The average Bonchev–Trinajstić information content (AvgIpc) is 2.13. The highest BCUT2D eigenvalue weighted by molar-refractivity contribution is 5.77. The van der Waals surface area contributed by atoms with E-state index < -0.39 is 17.4 Å². The third-order valence-corrected chi connectivity index (χ3v) is 3.31. The minimum Gasteiger partial charge on any atom is -0.248 e. The Morgan fingerprint density at radius 1 is 1.06 bits per heavy atom. The lowest BCUT2D eigenvalue weighted by molar-refractivity contribution is -0.267. The van der Waals surface area contributed by atoms with Crippen molar-refractivity contribution < 1.29 is 19.4 Å². The van der Waals surface area contributed by atoms with Crippen molar-refractivity contribution in [2.45, 2.75) is 54.4 Å². The first-order valence-electron chi connectivity index (χ1n) is 5.54. The van der Waals surface area contributed by atoms with E-state index in [2.05, 4.69) is 16.7 Å². The quantitative estimate of drug-likeness (QED) is 0.550.